The highest BCUT2D eigenvalue weighted by Crippen LogP contribution is 2.26. The average molecular weight is 279 g/mol. The zero-order valence-electron chi connectivity index (χ0n) is 8.13. The summed E-state index contributed by atoms with van der Waals surface area (Å²) in [6.07, 6.45) is 1.15. The van der Waals surface area contributed by atoms with Crippen molar-refractivity contribution in [2.45, 2.75) is 26.4 Å². The van der Waals surface area contributed by atoms with E-state index in [1.165, 1.54) is 11.5 Å². The van der Waals surface area contributed by atoms with Gasteiger partial charge in [-0.2, -0.15) is 4.37 Å². The van der Waals surface area contributed by atoms with E-state index < -0.39 is 11.7 Å². The zero-order chi connectivity index (χ0) is 10.8. The molecule has 0 atom stereocenters. The van der Waals surface area contributed by atoms with Gasteiger partial charge in [-0.05, 0) is 48.2 Å². The van der Waals surface area contributed by atoms with Crippen molar-refractivity contribution in [1.29, 1.82) is 0 Å². The van der Waals surface area contributed by atoms with Crippen LogP contribution in [0.2, 0.25) is 0 Å². The Kier molecular flexibility index (Phi) is 3.49. The number of halogens is 1. The minimum absolute atomic E-state index is 0.470. The number of carbonyl (C=O) groups is 1. The summed E-state index contributed by atoms with van der Waals surface area (Å²) in [7, 11) is 0. The van der Waals surface area contributed by atoms with E-state index in [9.17, 15) is 4.79 Å². The predicted molar refractivity (Wildman–Crippen MR) is 59.7 cm³/mol. The van der Waals surface area contributed by atoms with Gasteiger partial charge in [0.05, 0.1) is 10.7 Å². The summed E-state index contributed by atoms with van der Waals surface area (Å²) in [6, 6.07) is 0. The van der Waals surface area contributed by atoms with Crippen LogP contribution in [0, 0.1) is 0 Å². The Hall–Kier alpha value is -0.620. The molecule has 0 unspecified atom stereocenters. The molecule has 78 valence electrons. The molecule has 4 nitrogen and oxygen atoms in total. The van der Waals surface area contributed by atoms with E-state index in [2.05, 4.69) is 25.6 Å². The molecule has 1 heterocycles. The fraction of sp³-hybridized carbons (Fsp3) is 0.500. The second-order valence-corrected chi connectivity index (χ2v) is 5.29. The molecule has 1 aromatic heterocycles. The quantitative estimate of drug-likeness (QED) is 0.858. The first kappa shape index (κ1) is 11.5. The van der Waals surface area contributed by atoms with Crippen LogP contribution in [0.25, 0.3) is 0 Å². The van der Waals surface area contributed by atoms with E-state index in [-0.39, 0.29) is 0 Å². The van der Waals surface area contributed by atoms with Gasteiger partial charge >= 0.3 is 6.09 Å². The number of amides is 1. The third-order valence-corrected chi connectivity index (χ3v) is 2.72. The van der Waals surface area contributed by atoms with E-state index >= 15 is 0 Å². The molecule has 0 aromatic carbocycles. The summed E-state index contributed by atoms with van der Waals surface area (Å²) in [5, 5.41) is 3.25. The van der Waals surface area contributed by atoms with Crippen molar-refractivity contribution in [2.75, 3.05) is 5.32 Å². The van der Waals surface area contributed by atoms with Gasteiger partial charge in [0.1, 0.15) is 10.6 Å². The van der Waals surface area contributed by atoms with Crippen LogP contribution >= 0.6 is 27.5 Å². The minimum Gasteiger partial charge on any atom is -0.444 e. The molecule has 0 bridgehead atoms. The molecule has 1 aromatic rings. The highest BCUT2D eigenvalue weighted by atomic mass is 79.9. The van der Waals surface area contributed by atoms with Crippen LogP contribution in [-0.4, -0.2) is 16.1 Å². The Morgan fingerprint density at radius 2 is 2.29 bits per heavy atom. The molecule has 0 saturated carbocycles. The lowest BCUT2D eigenvalue weighted by Crippen LogP contribution is -2.27. The maximum atomic E-state index is 11.3. The van der Waals surface area contributed by atoms with E-state index in [1.54, 1.807) is 6.20 Å². The summed E-state index contributed by atoms with van der Waals surface area (Å²) in [5.74, 6) is 0. The summed E-state index contributed by atoms with van der Waals surface area (Å²) < 4.78 is 9.73. The van der Waals surface area contributed by atoms with Crippen LogP contribution in [0.1, 0.15) is 20.8 Å². The van der Waals surface area contributed by atoms with E-state index in [0.29, 0.717) is 5.00 Å². The van der Waals surface area contributed by atoms with Crippen LogP contribution in [0.15, 0.2) is 10.7 Å². The van der Waals surface area contributed by atoms with Gasteiger partial charge in [-0.25, -0.2) is 4.79 Å². The van der Waals surface area contributed by atoms with E-state index in [4.69, 9.17) is 4.74 Å². The van der Waals surface area contributed by atoms with Crippen LogP contribution in [0.3, 0.4) is 0 Å². The monoisotopic (exact) mass is 278 g/mol. The van der Waals surface area contributed by atoms with Crippen molar-refractivity contribution in [2.24, 2.45) is 0 Å². The molecule has 0 saturated heterocycles. The summed E-state index contributed by atoms with van der Waals surface area (Å²) >= 11 is 4.45. The SMILES string of the molecule is CC(C)(C)OC(=O)Nc1sncc1Br. The number of carbonyl (C=O) groups excluding carboxylic acids is 1. The Morgan fingerprint density at radius 1 is 1.64 bits per heavy atom. The number of nitrogens with one attached hydrogen (secondary N) is 1. The number of aromatic nitrogens is 1. The second-order valence-electron chi connectivity index (χ2n) is 3.63. The van der Waals surface area contributed by atoms with Crippen molar-refractivity contribution in [3.63, 3.8) is 0 Å². The highest BCUT2D eigenvalue weighted by molar-refractivity contribution is 9.10. The van der Waals surface area contributed by atoms with Gasteiger partial charge in [0.15, 0.2) is 0 Å². The lowest BCUT2D eigenvalue weighted by molar-refractivity contribution is 0.0636. The van der Waals surface area contributed by atoms with Crippen LogP contribution < -0.4 is 5.32 Å². The average Bonchev–Trinajstić information content (AvgIpc) is 2.32. The fourth-order valence-corrected chi connectivity index (χ4v) is 1.79. The molecule has 1 amide bonds. The first-order valence-corrected chi connectivity index (χ1v) is 5.55. The smallest absolute Gasteiger partial charge is 0.412 e. The maximum Gasteiger partial charge on any atom is 0.412 e. The third-order valence-electron chi connectivity index (χ3n) is 1.14. The van der Waals surface area contributed by atoms with Crippen molar-refractivity contribution < 1.29 is 9.53 Å². The molecular weight excluding hydrogens is 268 g/mol. The molecule has 0 fully saturated rings. The molecular formula is C8H11BrN2O2S. The van der Waals surface area contributed by atoms with Gasteiger partial charge in [0.2, 0.25) is 0 Å². The second kappa shape index (κ2) is 4.27. The summed E-state index contributed by atoms with van der Waals surface area (Å²) in [6.45, 7) is 5.44. The Morgan fingerprint density at radius 3 is 2.71 bits per heavy atom. The topological polar surface area (TPSA) is 51.2 Å². The zero-order valence-corrected chi connectivity index (χ0v) is 10.5. The minimum atomic E-state index is -0.485. The fourth-order valence-electron chi connectivity index (χ4n) is 0.706. The molecule has 1 rings (SSSR count). The van der Waals surface area contributed by atoms with Crippen molar-refractivity contribution in [1.82, 2.24) is 4.37 Å². The standard InChI is InChI=1S/C8H11BrN2O2S/c1-8(2,3)13-7(12)11-6-5(9)4-10-14-6/h4H,1-3H3,(H,11,12). The number of anilines is 1. The molecule has 0 aliphatic heterocycles. The van der Waals surface area contributed by atoms with E-state index in [0.717, 1.165) is 4.47 Å². The Labute approximate surface area is 94.9 Å². The van der Waals surface area contributed by atoms with Crippen molar-refractivity contribution in [3.8, 4) is 0 Å². The number of hydrogen-bond acceptors (Lipinski definition) is 4. The number of nitrogens with zero attached hydrogens (tertiary/aromatic N) is 1. The van der Waals surface area contributed by atoms with Crippen LogP contribution in [0.4, 0.5) is 9.80 Å². The first-order chi connectivity index (χ1) is 6.38. The van der Waals surface area contributed by atoms with Gasteiger partial charge in [0.25, 0.3) is 0 Å². The largest absolute Gasteiger partial charge is 0.444 e. The number of rotatable bonds is 1. The summed E-state index contributed by atoms with van der Waals surface area (Å²) in [5.41, 5.74) is -0.485. The number of ether oxygens (including phenoxy) is 1. The molecule has 14 heavy (non-hydrogen) atoms. The molecule has 0 radical (unpaired) electrons. The van der Waals surface area contributed by atoms with Gasteiger partial charge in [-0.15, -0.1) is 0 Å². The maximum absolute atomic E-state index is 11.3. The van der Waals surface area contributed by atoms with Gasteiger partial charge in [-0.1, -0.05) is 0 Å². The number of hydrogen-bond donors (Lipinski definition) is 1. The molecule has 6 heteroatoms. The van der Waals surface area contributed by atoms with Gasteiger partial charge in [-0.3, -0.25) is 5.32 Å². The van der Waals surface area contributed by atoms with Crippen molar-refractivity contribution in [3.05, 3.63) is 10.7 Å². The van der Waals surface area contributed by atoms with Crippen LogP contribution in [0.5, 0.6) is 0 Å². The normalized spacial score (nSPS) is 11.1. The van der Waals surface area contributed by atoms with Gasteiger partial charge in [0, 0.05) is 0 Å². The Bertz CT molecular complexity index is 332. The van der Waals surface area contributed by atoms with E-state index in [1.807, 2.05) is 20.8 Å². The molecule has 0 aliphatic carbocycles. The predicted octanol–water partition coefficient (Wildman–Crippen LogP) is 3.25. The van der Waals surface area contributed by atoms with Crippen molar-refractivity contribution >= 4 is 38.6 Å². The van der Waals surface area contributed by atoms with Gasteiger partial charge < -0.3 is 4.74 Å². The highest BCUT2D eigenvalue weighted by Gasteiger charge is 2.17. The molecule has 0 spiro atoms. The third kappa shape index (κ3) is 3.63. The Balaban J connectivity index is 2.54. The lowest BCUT2D eigenvalue weighted by Gasteiger charge is -2.19. The lowest BCUT2D eigenvalue weighted by atomic mass is 10.2. The summed E-state index contributed by atoms with van der Waals surface area (Å²) in [4.78, 5) is 11.3. The molecule has 0 aliphatic rings. The first-order valence-electron chi connectivity index (χ1n) is 3.98. The van der Waals surface area contributed by atoms with Crippen LogP contribution in [-0.2, 0) is 4.74 Å². The molecule has 1 N–H and O–H groups in total.